The Morgan fingerprint density at radius 1 is 1.47 bits per heavy atom. The summed E-state index contributed by atoms with van der Waals surface area (Å²) in [5.41, 5.74) is 3.73. The molecule has 1 aliphatic heterocycles. The van der Waals surface area contributed by atoms with E-state index in [1.807, 2.05) is 11.8 Å². The number of carboxylic acid groups (broad SMARTS) is 1. The van der Waals surface area contributed by atoms with Crippen LogP contribution in [0.5, 0.6) is 0 Å². The molecule has 0 fully saturated rings. The fourth-order valence-electron chi connectivity index (χ4n) is 1.93. The molecular formula is C13H17NO2S. The van der Waals surface area contributed by atoms with Crippen LogP contribution in [0.1, 0.15) is 24.0 Å². The van der Waals surface area contributed by atoms with E-state index < -0.39 is 5.97 Å². The van der Waals surface area contributed by atoms with Gasteiger partial charge in [0.05, 0.1) is 0 Å². The van der Waals surface area contributed by atoms with Gasteiger partial charge in [0.25, 0.3) is 0 Å². The molecule has 0 aliphatic carbocycles. The Labute approximate surface area is 106 Å². The first-order chi connectivity index (χ1) is 8.06. The molecule has 0 radical (unpaired) electrons. The summed E-state index contributed by atoms with van der Waals surface area (Å²) in [5, 5.41) is 12.1. The minimum absolute atomic E-state index is 0.235. The van der Waals surface area contributed by atoms with Gasteiger partial charge in [0.15, 0.2) is 0 Å². The lowest BCUT2D eigenvalue weighted by molar-refractivity contribution is -0.137. The molecule has 4 heteroatoms. The lowest BCUT2D eigenvalue weighted by atomic mass is 10.1. The van der Waals surface area contributed by atoms with E-state index >= 15 is 0 Å². The molecule has 2 N–H and O–H groups in total. The molecule has 2 rings (SSSR count). The van der Waals surface area contributed by atoms with Gasteiger partial charge >= 0.3 is 5.97 Å². The second kappa shape index (κ2) is 5.00. The molecule has 1 atom stereocenters. The number of hydrogen-bond acceptors (Lipinski definition) is 3. The number of carboxylic acids is 1. The van der Waals surface area contributed by atoms with Gasteiger partial charge in [-0.1, -0.05) is 0 Å². The highest BCUT2D eigenvalue weighted by Crippen LogP contribution is 2.35. The van der Waals surface area contributed by atoms with Crippen molar-refractivity contribution in [2.24, 2.45) is 0 Å². The van der Waals surface area contributed by atoms with Crippen molar-refractivity contribution in [2.45, 2.75) is 37.6 Å². The van der Waals surface area contributed by atoms with Crippen molar-refractivity contribution in [3.05, 3.63) is 23.3 Å². The van der Waals surface area contributed by atoms with E-state index in [2.05, 4.69) is 31.3 Å². The summed E-state index contributed by atoms with van der Waals surface area (Å²) in [6.07, 6.45) is 0.924. The molecule has 3 nitrogen and oxygen atoms in total. The summed E-state index contributed by atoms with van der Waals surface area (Å²) in [4.78, 5) is 11.8. The molecule has 0 bridgehead atoms. The molecule has 1 aromatic rings. The first-order valence-corrected chi connectivity index (χ1v) is 6.77. The lowest BCUT2D eigenvalue weighted by Gasteiger charge is -2.27. The number of hydrogen-bond donors (Lipinski definition) is 2. The number of nitrogens with one attached hydrogen (secondary N) is 1. The van der Waals surface area contributed by atoms with Gasteiger partial charge in [0, 0.05) is 28.8 Å². The van der Waals surface area contributed by atoms with Crippen LogP contribution < -0.4 is 5.32 Å². The van der Waals surface area contributed by atoms with E-state index in [1.165, 1.54) is 16.0 Å². The Morgan fingerprint density at radius 2 is 2.18 bits per heavy atom. The predicted molar refractivity (Wildman–Crippen MR) is 70.9 cm³/mol. The number of anilines is 1. The molecule has 1 unspecified atom stereocenters. The summed E-state index contributed by atoms with van der Waals surface area (Å²) in [7, 11) is 0. The van der Waals surface area contributed by atoms with Gasteiger partial charge in [-0.3, -0.25) is 4.79 Å². The van der Waals surface area contributed by atoms with Crippen LogP contribution in [0.4, 0.5) is 5.69 Å². The summed E-state index contributed by atoms with van der Waals surface area (Å²) in [5.74, 6) is 0.227. The van der Waals surface area contributed by atoms with Crippen LogP contribution in [0.2, 0.25) is 0 Å². The zero-order valence-electron chi connectivity index (χ0n) is 10.1. The molecule has 92 valence electrons. The monoisotopic (exact) mass is 251 g/mol. The van der Waals surface area contributed by atoms with Crippen molar-refractivity contribution in [1.29, 1.82) is 0 Å². The van der Waals surface area contributed by atoms with Gasteiger partial charge in [-0.15, -0.1) is 11.8 Å². The van der Waals surface area contributed by atoms with Gasteiger partial charge in [-0.2, -0.15) is 0 Å². The van der Waals surface area contributed by atoms with Crippen molar-refractivity contribution in [1.82, 2.24) is 0 Å². The molecule has 0 spiro atoms. The molecule has 1 aromatic carbocycles. The number of aliphatic carboxylic acids is 1. The Hall–Kier alpha value is -1.16. The Morgan fingerprint density at radius 3 is 2.88 bits per heavy atom. The van der Waals surface area contributed by atoms with Crippen LogP contribution in [0, 0.1) is 13.8 Å². The third kappa shape index (κ3) is 2.94. The standard InChI is InChI=1S/C13H17NO2S/c1-8-5-11-12(6-9(8)2)17-7-10(14-11)3-4-13(15)16/h5-6,10,14H,3-4,7H2,1-2H3,(H,15,16). The predicted octanol–water partition coefficient (Wildman–Crippen LogP) is 3.05. The maximum Gasteiger partial charge on any atom is 0.303 e. The summed E-state index contributed by atoms with van der Waals surface area (Å²) in [6, 6.07) is 4.63. The van der Waals surface area contributed by atoms with Crippen molar-refractivity contribution in [3.8, 4) is 0 Å². The van der Waals surface area contributed by atoms with Gasteiger partial charge < -0.3 is 10.4 Å². The van der Waals surface area contributed by atoms with Crippen LogP contribution in [0.3, 0.4) is 0 Å². The number of fused-ring (bicyclic) bond motifs is 1. The van der Waals surface area contributed by atoms with E-state index in [0.29, 0.717) is 6.42 Å². The Kier molecular flexibility index (Phi) is 3.62. The molecule has 0 amide bonds. The summed E-state index contributed by atoms with van der Waals surface area (Å²) in [6.45, 7) is 4.22. The molecular weight excluding hydrogens is 234 g/mol. The largest absolute Gasteiger partial charge is 0.481 e. The topological polar surface area (TPSA) is 49.3 Å². The average Bonchev–Trinajstić information content (AvgIpc) is 2.28. The minimum atomic E-state index is -0.720. The minimum Gasteiger partial charge on any atom is -0.481 e. The highest BCUT2D eigenvalue weighted by Gasteiger charge is 2.19. The molecule has 0 saturated heterocycles. The third-order valence-corrected chi connectivity index (χ3v) is 4.32. The fourth-order valence-corrected chi connectivity index (χ4v) is 3.09. The van der Waals surface area contributed by atoms with Gasteiger partial charge in [-0.25, -0.2) is 0 Å². The van der Waals surface area contributed by atoms with Crippen LogP contribution in [-0.2, 0) is 4.79 Å². The van der Waals surface area contributed by atoms with E-state index in [0.717, 1.165) is 11.4 Å². The zero-order chi connectivity index (χ0) is 12.4. The Bertz CT molecular complexity index is 445. The van der Waals surface area contributed by atoms with Crippen molar-refractivity contribution in [3.63, 3.8) is 0 Å². The maximum absolute atomic E-state index is 10.6. The van der Waals surface area contributed by atoms with Crippen LogP contribution in [0.15, 0.2) is 17.0 Å². The van der Waals surface area contributed by atoms with Gasteiger partial charge in [0.2, 0.25) is 0 Å². The van der Waals surface area contributed by atoms with E-state index in [1.54, 1.807) is 0 Å². The van der Waals surface area contributed by atoms with Crippen LogP contribution in [-0.4, -0.2) is 22.9 Å². The highest BCUT2D eigenvalue weighted by molar-refractivity contribution is 7.99. The number of aryl methyl sites for hydroxylation is 2. The average molecular weight is 251 g/mol. The Balaban J connectivity index is 2.08. The second-order valence-electron chi connectivity index (χ2n) is 4.52. The van der Waals surface area contributed by atoms with Crippen LogP contribution >= 0.6 is 11.8 Å². The normalized spacial score (nSPS) is 18.4. The smallest absolute Gasteiger partial charge is 0.303 e. The van der Waals surface area contributed by atoms with E-state index in [9.17, 15) is 4.79 Å². The molecule has 1 aliphatic rings. The summed E-state index contributed by atoms with van der Waals surface area (Å²) >= 11 is 1.82. The second-order valence-corrected chi connectivity index (χ2v) is 5.58. The summed E-state index contributed by atoms with van der Waals surface area (Å²) < 4.78 is 0. The fraction of sp³-hybridized carbons (Fsp3) is 0.462. The zero-order valence-corrected chi connectivity index (χ0v) is 10.9. The molecule has 17 heavy (non-hydrogen) atoms. The number of rotatable bonds is 3. The lowest BCUT2D eigenvalue weighted by Crippen LogP contribution is -2.26. The van der Waals surface area contributed by atoms with Gasteiger partial charge in [-0.05, 0) is 43.5 Å². The first-order valence-electron chi connectivity index (χ1n) is 5.78. The number of benzene rings is 1. The molecule has 1 heterocycles. The van der Waals surface area contributed by atoms with Crippen molar-refractivity contribution >= 4 is 23.4 Å². The van der Waals surface area contributed by atoms with Crippen molar-refractivity contribution in [2.75, 3.05) is 11.1 Å². The number of thioether (sulfide) groups is 1. The van der Waals surface area contributed by atoms with Crippen molar-refractivity contribution < 1.29 is 9.90 Å². The van der Waals surface area contributed by atoms with E-state index in [4.69, 9.17) is 5.11 Å². The SMILES string of the molecule is Cc1cc2c(cc1C)SCC(CCC(=O)O)N2. The third-order valence-electron chi connectivity index (χ3n) is 3.10. The van der Waals surface area contributed by atoms with E-state index in [-0.39, 0.29) is 12.5 Å². The quantitative estimate of drug-likeness (QED) is 0.867. The number of carbonyl (C=O) groups is 1. The highest BCUT2D eigenvalue weighted by atomic mass is 32.2. The maximum atomic E-state index is 10.6. The van der Waals surface area contributed by atoms with Gasteiger partial charge in [0.1, 0.15) is 0 Å². The molecule has 0 aromatic heterocycles. The van der Waals surface area contributed by atoms with Crippen LogP contribution in [0.25, 0.3) is 0 Å². The first kappa shape index (κ1) is 12.3. The molecule has 0 saturated carbocycles.